The molecule has 1 atom stereocenters. The lowest BCUT2D eigenvalue weighted by Crippen LogP contribution is -2.38. The second kappa shape index (κ2) is 8.28. The van der Waals surface area contributed by atoms with Crippen LogP contribution in [0.5, 0.6) is 0 Å². The maximum Gasteiger partial charge on any atom is 0.307 e. The molecule has 1 aromatic rings. The Morgan fingerprint density at radius 1 is 1.40 bits per heavy atom. The van der Waals surface area contributed by atoms with E-state index in [0.717, 1.165) is 17.0 Å². The van der Waals surface area contributed by atoms with Crippen LogP contribution in [0.1, 0.15) is 38.3 Å². The van der Waals surface area contributed by atoms with Crippen molar-refractivity contribution in [1.29, 1.82) is 0 Å². The van der Waals surface area contributed by atoms with Crippen LogP contribution in [0.15, 0.2) is 18.2 Å². The van der Waals surface area contributed by atoms with Gasteiger partial charge in [0.2, 0.25) is 0 Å². The van der Waals surface area contributed by atoms with E-state index in [1.165, 1.54) is 5.56 Å². The monoisotopic (exact) mass is 297 g/mol. The SMILES string of the molecule is CCOC(=O)CC(Cc1ccc(Cl)c(C)c1)NC(C)C. The van der Waals surface area contributed by atoms with E-state index in [4.69, 9.17) is 16.3 Å². The molecule has 1 rings (SSSR count). The van der Waals surface area contributed by atoms with Gasteiger partial charge in [0, 0.05) is 17.1 Å². The zero-order chi connectivity index (χ0) is 15.1. The zero-order valence-electron chi connectivity index (χ0n) is 12.7. The number of esters is 1. The number of carbonyl (C=O) groups is 1. The lowest BCUT2D eigenvalue weighted by molar-refractivity contribution is -0.143. The van der Waals surface area contributed by atoms with Gasteiger partial charge in [-0.25, -0.2) is 0 Å². The van der Waals surface area contributed by atoms with Crippen LogP contribution >= 0.6 is 11.6 Å². The topological polar surface area (TPSA) is 38.3 Å². The fraction of sp³-hybridized carbons (Fsp3) is 0.562. The smallest absolute Gasteiger partial charge is 0.307 e. The van der Waals surface area contributed by atoms with E-state index in [2.05, 4.69) is 25.2 Å². The number of benzene rings is 1. The van der Waals surface area contributed by atoms with Crippen LogP contribution in [-0.4, -0.2) is 24.7 Å². The van der Waals surface area contributed by atoms with Crippen molar-refractivity contribution in [2.45, 2.75) is 52.6 Å². The molecule has 0 saturated carbocycles. The van der Waals surface area contributed by atoms with Gasteiger partial charge in [-0.15, -0.1) is 0 Å². The average molecular weight is 298 g/mol. The number of nitrogens with one attached hydrogen (secondary N) is 1. The highest BCUT2D eigenvalue weighted by Crippen LogP contribution is 2.18. The Morgan fingerprint density at radius 3 is 2.65 bits per heavy atom. The molecular weight excluding hydrogens is 274 g/mol. The van der Waals surface area contributed by atoms with Gasteiger partial charge >= 0.3 is 5.97 Å². The van der Waals surface area contributed by atoms with E-state index in [1.807, 2.05) is 26.0 Å². The van der Waals surface area contributed by atoms with Crippen molar-refractivity contribution in [2.24, 2.45) is 0 Å². The molecule has 0 saturated heterocycles. The van der Waals surface area contributed by atoms with Crippen molar-refractivity contribution in [3.8, 4) is 0 Å². The summed E-state index contributed by atoms with van der Waals surface area (Å²) in [7, 11) is 0. The minimum atomic E-state index is -0.156. The summed E-state index contributed by atoms with van der Waals surface area (Å²) >= 11 is 6.04. The van der Waals surface area contributed by atoms with Crippen LogP contribution in [0, 0.1) is 6.92 Å². The lowest BCUT2D eigenvalue weighted by Gasteiger charge is -2.21. The van der Waals surface area contributed by atoms with Gasteiger partial charge in [-0.05, 0) is 37.5 Å². The minimum Gasteiger partial charge on any atom is -0.466 e. The number of ether oxygens (including phenoxy) is 1. The first-order valence-electron chi connectivity index (χ1n) is 7.09. The first kappa shape index (κ1) is 17.0. The van der Waals surface area contributed by atoms with Crippen molar-refractivity contribution < 1.29 is 9.53 Å². The van der Waals surface area contributed by atoms with Crippen molar-refractivity contribution in [3.63, 3.8) is 0 Å². The van der Waals surface area contributed by atoms with Crippen molar-refractivity contribution in [3.05, 3.63) is 34.3 Å². The molecule has 1 N–H and O–H groups in total. The van der Waals surface area contributed by atoms with Gasteiger partial charge in [0.1, 0.15) is 0 Å². The molecule has 4 heteroatoms. The largest absolute Gasteiger partial charge is 0.466 e. The summed E-state index contributed by atoms with van der Waals surface area (Å²) in [5.74, 6) is -0.156. The molecule has 112 valence electrons. The third-order valence-electron chi connectivity index (χ3n) is 2.99. The Morgan fingerprint density at radius 2 is 2.10 bits per heavy atom. The van der Waals surface area contributed by atoms with Gasteiger partial charge in [-0.3, -0.25) is 4.79 Å². The van der Waals surface area contributed by atoms with Crippen molar-refractivity contribution in [2.75, 3.05) is 6.61 Å². The number of aryl methyl sites for hydroxylation is 1. The molecule has 1 unspecified atom stereocenters. The van der Waals surface area contributed by atoms with Crippen molar-refractivity contribution >= 4 is 17.6 Å². The molecule has 0 radical (unpaired) electrons. The summed E-state index contributed by atoms with van der Waals surface area (Å²) in [6, 6.07) is 6.39. The minimum absolute atomic E-state index is 0.0784. The van der Waals surface area contributed by atoms with Crippen molar-refractivity contribution in [1.82, 2.24) is 5.32 Å². The maximum absolute atomic E-state index is 11.7. The van der Waals surface area contributed by atoms with Crippen LogP contribution in [0.25, 0.3) is 0 Å². The molecule has 0 heterocycles. The van der Waals surface area contributed by atoms with Crippen LogP contribution in [0.2, 0.25) is 5.02 Å². The third-order valence-corrected chi connectivity index (χ3v) is 3.42. The summed E-state index contributed by atoms with van der Waals surface area (Å²) in [5, 5.41) is 4.19. The van der Waals surface area contributed by atoms with E-state index in [-0.39, 0.29) is 12.0 Å². The molecule has 0 aliphatic carbocycles. The second-order valence-electron chi connectivity index (χ2n) is 5.32. The molecule has 1 aromatic carbocycles. The van der Waals surface area contributed by atoms with E-state index >= 15 is 0 Å². The molecule has 0 amide bonds. The molecule has 20 heavy (non-hydrogen) atoms. The van der Waals surface area contributed by atoms with Crippen LogP contribution in [0.4, 0.5) is 0 Å². The fourth-order valence-electron chi connectivity index (χ4n) is 2.20. The third kappa shape index (κ3) is 5.93. The normalized spacial score (nSPS) is 12.5. The maximum atomic E-state index is 11.7. The Labute approximate surface area is 126 Å². The highest BCUT2D eigenvalue weighted by Gasteiger charge is 2.16. The summed E-state index contributed by atoms with van der Waals surface area (Å²) in [4.78, 5) is 11.7. The quantitative estimate of drug-likeness (QED) is 0.783. The first-order chi connectivity index (χ1) is 9.42. The average Bonchev–Trinajstić information content (AvgIpc) is 2.33. The standard InChI is InChI=1S/C16H24ClNO2/c1-5-20-16(19)10-14(18-11(2)3)9-13-6-7-15(17)12(4)8-13/h6-8,11,14,18H,5,9-10H2,1-4H3. The highest BCUT2D eigenvalue weighted by molar-refractivity contribution is 6.31. The Bertz CT molecular complexity index is 446. The molecule has 0 aliphatic heterocycles. The number of rotatable bonds is 7. The van der Waals surface area contributed by atoms with E-state index in [9.17, 15) is 4.79 Å². The molecule has 0 bridgehead atoms. The van der Waals surface area contributed by atoms with Crippen LogP contribution in [0.3, 0.4) is 0 Å². The second-order valence-corrected chi connectivity index (χ2v) is 5.72. The van der Waals surface area contributed by atoms with Gasteiger partial charge in [-0.1, -0.05) is 37.6 Å². The molecule has 0 aromatic heterocycles. The highest BCUT2D eigenvalue weighted by atomic mass is 35.5. The Hall–Kier alpha value is -1.06. The number of hydrogen-bond acceptors (Lipinski definition) is 3. The van der Waals surface area contributed by atoms with E-state index in [0.29, 0.717) is 19.1 Å². The Balaban J connectivity index is 2.72. The first-order valence-corrected chi connectivity index (χ1v) is 7.46. The van der Waals surface area contributed by atoms with Crippen LogP contribution < -0.4 is 5.32 Å². The zero-order valence-corrected chi connectivity index (χ0v) is 13.5. The molecule has 0 spiro atoms. The Kier molecular flexibility index (Phi) is 7.03. The fourth-order valence-corrected chi connectivity index (χ4v) is 2.32. The van der Waals surface area contributed by atoms with Gasteiger partial charge < -0.3 is 10.1 Å². The summed E-state index contributed by atoms with van der Waals surface area (Å²) in [5.41, 5.74) is 2.23. The van der Waals surface area contributed by atoms with E-state index in [1.54, 1.807) is 0 Å². The van der Waals surface area contributed by atoms with Crippen LogP contribution in [-0.2, 0) is 16.0 Å². The molecule has 0 aliphatic rings. The molecular formula is C16H24ClNO2. The van der Waals surface area contributed by atoms with Gasteiger partial charge in [0.25, 0.3) is 0 Å². The number of carbonyl (C=O) groups excluding carboxylic acids is 1. The van der Waals surface area contributed by atoms with E-state index < -0.39 is 0 Å². The van der Waals surface area contributed by atoms with Gasteiger partial charge in [0.05, 0.1) is 13.0 Å². The predicted octanol–water partition coefficient (Wildman–Crippen LogP) is 3.51. The summed E-state index contributed by atoms with van der Waals surface area (Å²) < 4.78 is 5.03. The van der Waals surface area contributed by atoms with Gasteiger partial charge in [-0.2, -0.15) is 0 Å². The van der Waals surface area contributed by atoms with Gasteiger partial charge in [0.15, 0.2) is 0 Å². The summed E-state index contributed by atoms with van der Waals surface area (Å²) in [6.45, 7) is 8.39. The molecule has 0 fully saturated rings. The predicted molar refractivity (Wildman–Crippen MR) is 83.2 cm³/mol. The molecule has 3 nitrogen and oxygen atoms in total. The summed E-state index contributed by atoms with van der Waals surface area (Å²) in [6.07, 6.45) is 1.17. The number of halogens is 1. The number of hydrogen-bond donors (Lipinski definition) is 1. The lowest BCUT2D eigenvalue weighted by atomic mass is 10.0.